The quantitative estimate of drug-likeness (QED) is 0.598. The fraction of sp³-hybridized carbons (Fsp3) is 0.444. The van der Waals surface area contributed by atoms with Crippen LogP contribution < -0.4 is 5.32 Å². The lowest BCUT2D eigenvalue weighted by Gasteiger charge is -2.30. The second kappa shape index (κ2) is 10.5. The van der Waals surface area contributed by atoms with E-state index in [9.17, 15) is 19.5 Å². The average molecular weight is 481 g/mol. The number of carboxylic acids is 1. The fourth-order valence-corrected chi connectivity index (χ4v) is 5.07. The maximum atomic E-state index is 13.4. The third kappa shape index (κ3) is 4.89. The Hall–Kier alpha value is -3.39. The summed E-state index contributed by atoms with van der Waals surface area (Å²) < 4.78 is 10.9. The van der Waals surface area contributed by atoms with Crippen molar-refractivity contribution in [2.24, 2.45) is 5.92 Å². The molecule has 0 spiro atoms. The molecule has 2 aliphatic rings. The van der Waals surface area contributed by atoms with Crippen molar-refractivity contribution in [1.82, 2.24) is 10.2 Å². The standard InChI is InChI=1S/C27H32N2O6/c1-4-16(2)24(25(30)29-14-17(34-3)13-23(29)26(31)32)28-27(33)35-15-22-20-11-7-5-9-18(20)19-10-6-8-12-21(19)22/h5-12,16-17,22-24H,4,13-15H2,1-3H3,(H,28,33)(H,31,32)/t16?,17?,23?,24-/m0/s1. The second-order valence-corrected chi connectivity index (χ2v) is 9.27. The molecule has 3 unspecified atom stereocenters. The van der Waals surface area contributed by atoms with E-state index in [0.717, 1.165) is 22.3 Å². The second-order valence-electron chi connectivity index (χ2n) is 9.27. The van der Waals surface area contributed by atoms with Gasteiger partial charge in [0.2, 0.25) is 5.91 Å². The SMILES string of the molecule is CCC(C)[C@H](NC(=O)OCC1c2ccccc2-c2ccccc21)C(=O)N1CC(OC)CC1C(=O)O. The van der Waals surface area contributed by atoms with Crippen LogP contribution in [-0.2, 0) is 19.1 Å². The Morgan fingerprint density at radius 2 is 1.69 bits per heavy atom. The molecule has 1 fully saturated rings. The first-order chi connectivity index (χ1) is 16.8. The van der Waals surface area contributed by atoms with Crippen molar-refractivity contribution in [3.8, 4) is 11.1 Å². The zero-order valence-electron chi connectivity index (χ0n) is 20.3. The molecule has 8 heteroatoms. The molecule has 1 saturated heterocycles. The van der Waals surface area contributed by atoms with Crippen molar-refractivity contribution in [3.05, 3.63) is 59.7 Å². The average Bonchev–Trinajstić information content (AvgIpc) is 3.45. The number of benzene rings is 2. The van der Waals surface area contributed by atoms with Gasteiger partial charge in [0.15, 0.2) is 0 Å². The van der Waals surface area contributed by atoms with E-state index in [4.69, 9.17) is 9.47 Å². The molecule has 4 rings (SSSR count). The van der Waals surface area contributed by atoms with Crippen molar-refractivity contribution in [1.29, 1.82) is 0 Å². The molecule has 2 aromatic rings. The van der Waals surface area contributed by atoms with Gasteiger partial charge in [-0.05, 0) is 28.2 Å². The molecule has 8 nitrogen and oxygen atoms in total. The summed E-state index contributed by atoms with van der Waals surface area (Å²) in [4.78, 5) is 39.3. The number of nitrogens with one attached hydrogen (secondary N) is 1. The molecule has 2 amide bonds. The van der Waals surface area contributed by atoms with Gasteiger partial charge in [0, 0.05) is 26.0 Å². The Morgan fingerprint density at radius 3 is 2.23 bits per heavy atom. The number of carbonyl (C=O) groups excluding carboxylic acids is 2. The van der Waals surface area contributed by atoms with Crippen molar-refractivity contribution in [2.45, 2.75) is 50.8 Å². The van der Waals surface area contributed by atoms with Crippen LogP contribution in [0.4, 0.5) is 4.79 Å². The van der Waals surface area contributed by atoms with E-state index < -0.39 is 30.1 Å². The van der Waals surface area contributed by atoms with Crippen molar-refractivity contribution < 1.29 is 29.0 Å². The van der Waals surface area contributed by atoms with E-state index in [2.05, 4.69) is 17.4 Å². The topological polar surface area (TPSA) is 105 Å². The number of ether oxygens (including phenoxy) is 2. The van der Waals surface area contributed by atoms with Crippen LogP contribution in [0.5, 0.6) is 0 Å². The molecule has 0 bridgehead atoms. The van der Waals surface area contributed by atoms with Gasteiger partial charge in [-0.1, -0.05) is 68.8 Å². The summed E-state index contributed by atoms with van der Waals surface area (Å²) in [5, 5.41) is 12.3. The van der Waals surface area contributed by atoms with Crippen LogP contribution in [0.1, 0.15) is 43.7 Å². The van der Waals surface area contributed by atoms with Gasteiger partial charge in [0.25, 0.3) is 0 Å². The van der Waals surface area contributed by atoms with Crippen LogP contribution in [0.2, 0.25) is 0 Å². The third-order valence-electron chi connectivity index (χ3n) is 7.26. The zero-order valence-corrected chi connectivity index (χ0v) is 20.3. The molecule has 0 radical (unpaired) electrons. The van der Waals surface area contributed by atoms with Gasteiger partial charge in [-0.25, -0.2) is 9.59 Å². The molecule has 35 heavy (non-hydrogen) atoms. The van der Waals surface area contributed by atoms with E-state index in [1.54, 1.807) is 0 Å². The first-order valence-corrected chi connectivity index (χ1v) is 12.0. The number of fused-ring (bicyclic) bond motifs is 3. The lowest BCUT2D eigenvalue weighted by molar-refractivity contribution is -0.149. The summed E-state index contributed by atoms with van der Waals surface area (Å²) in [6, 6.07) is 14.3. The minimum absolute atomic E-state index is 0.0941. The van der Waals surface area contributed by atoms with Crippen LogP contribution in [0.15, 0.2) is 48.5 Å². The normalized spacial score (nSPS) is 20.6. The maximum Gasteiger partial charge on any atom is 0.407 e. The highest BCUT2D eigenvalue weighted by Gasteiger charge is 2.43. The number of carbonyl (C=O) groups is 3. The van der Waals surface area contributed by atoms with E-state index in [1.165, 1.54) is 12.0 Å². The summed E-state index contributed by atoms with van der Waals surface area (Å²) in [5.74, 6) is -1.82. The number of carboxylic acid groups (broad SMARTS) is 1. The molecular weight excluding hydrogens is 448 g/mol. The van der Waals surface area contributed by atoms with Crippen molar-refractivity contribution >= 4 is 18.0 Å². The first-order valence-electron chi connectivity index (χ1n) is 12.0. The molecule has 2 N–H and O–H groups in total. The predicted octanol–water partition coefficient (Wildman–Crippen LogP) is 3.64. The molecule has 1 aliphatic heterocycles. The molecule has 1 heterocycles. The number of nitrogens with zero attached hydrogens (tertiary/aromatic N) is 1. The summed E-state index contributed by atoms with van der Waals surface area (Å²) >= 11 is 0. The van der Waals surface area contributed by atoms with Gasteiger partial charge >= 0.3 is 12.1 Å². The number of methoxy groups -OCH3 is 1. The highest BCUT2D eigenvalue weighted by atomic mass is 16.5. The van der Waals surface area contributed by atoms with Crippen LogP contribution in [-0.4, -0.2) is 66.4 Å². The Morgan fingerprint density at radius 1 is 1.09 bits per heavy atom. The number of likely N-dealkylation sites (tertiary alicyclic amines) is 1. The Balaban J connectivity index is 1.46. The highest BCUT2D eigenvalue weighted by Crippen LogP contribution is 2.44. The smallest absolute Gasteiger partial charge is 0.407 e. The summed E-state index contributed by atoms with van der Waals surface area (Å²) in [5.41, 5.74) is 4.46. The van der Waals surface area contributed by atoms with Crippen LogP contribution in [0.25, 0.3) is 11.1 Å². The van der Waals surface area contributed by atoms with Gasteiger partial charge in [0.05, 0.1) is 6.10 Å². The van der Waals surface area contributed by atoms with Gasteiger partial charge in [-0.3, -0.25) is 4.79 Å². The minimum Gasteiger partial charge on any atom is -0.480 e. The monoisotopic (exact) mass is 480 g/mol. The van der Waals surface area contributed by atoms with Crippen molar-refractivity contribution in [3.63, 3.8) is 0 Å². The Labute approximate surface area is 205 Å². The number of aliphatic carboxylic acids is 1. The van der Waals surface area contributed by atoms with Crippen molar-refractivity contribution in [2.75, 3.05) is 20.3 Å². The van der Waals surface area contributed by atoms with Gasteiger partial charge in [0.1, 0.15) is 18.7 Å². The van der Waals surface area contributed by atoms with Crippen LogP contribution >= 0.6 is 0 Å². The van der Waals surface area contributed by atoms with Crippen LogP contribution in [0, 0.1) is 5.92 Å². The maximum absolute atomic E-state index is 13.4. The molecular formula is C27H32N2O6. The lowest BCUT2D eigenvalue weighted by atomic mass is 9.97. The highest BCUT2D eigenvalue weighted by molar-refractivity contribution is 5.90. The van der Waals surface area contributed by atoms with E-state index in [1.807, 2.05) is 50.2 Å². The molecule has 0 aromatic heterocycles. The third-order valence-corrected chi connectivity index (χ3v) is 7.26. The summed E-state index contributed by atoms with van der Waals surface area (Å²) in [6.07, 6.45) is -0.207. The summed E-state index contributed by atoms with van der Waals surface area (Å²) in [6.45, 7) is 4.08. The predicted molar refractivity (Wildman–Crippen MR) is 130 cm³/mol. The van der Waals surface area contributed by atoms with Gasteiger partial charge in [-0.2, -0.15) is 0 Å². The Bertz CT molecular complexity index is 1060. The number of hydrogen-bond donors (Lipinski definition) is 2. The van der Waals surface area contributed by atoms with E-state index in [-0.39, 0.29) is 37.5 Å². The molecule has 0 saturated carbocycles. The van der Waals surface area contributed by atoms with Gasteiger partial charge < -0.3 is 24.8 Å². The number of amides is 2. The molecule has 186 valence electrons. The number of rotatable bonds is 8. The van der Waals surface area contributed by atoms with Gasteiger partial charge in [-0.15, -0.1) is 0 Å². The molecule has 1 aliphatic carbocycles. The molecule has 4 atom stereocenters. The van der Waals surface area contributed by atoms with E-state index >= 15 is 0 Å². The fourth-order valence-electron chi connectivity index (χ4n) is 5.07. The molecule has 2 aromatic carbocycles. The Kier molecular flexibility index (Phi) is 7.40. The summed E-state index contributed by atoms with van der Waals surface area (Å²) in [7, 11) is 1.50. The number of hydrogen-bond acceptors (Lipinski definition) is 5. The lowest BCUT2D eigenvalue weighted by Crippen LogP contribution is -2.54. The number of alkyl carbamates (subject to hydrolysis) is 1. The van der Waals surface area contributed by atoms with Crippen LogP contribution in [0.3, 0.4) is 0 Å². The minimum atomic E-state index is -1.08. The first kappa shape index (κ1) is 24.7. The van der Waals surface area contributed by atoms with E-state index in [0.29, 0.717) is 6.42 Å². The zero-order chi connectivity index (χ0) is 25.1. The largest absolute Gasteiger partial charge is 0.480 e.